The highest BCUT2D eigenvalue weighted by Crippen LogP contribution is 2.20. The number of hydrogen-bond acceptors (Lipinski definition) is 5. The predicted molar refractivity (Wildman–Crippen MR) is 96.6 cm³/mol. The number of hydrogen-bond donors (Lipinski definition) is 1. The number of amides is 1. The van der Waals surface area contributed by atoms with Crippen LogP contribution in [-0.2, 0) is 4.79 Å². The van der Waals surface area contributed by atoms with Gasteiger partial charge in [-0.15, -0.1) is 0 Å². The van der Waals surface area contributed by atoms with Crippen LogP contribution in [0.1, 0.15) is 28.7 Å². The monoisotopic (exact) mass is 361 g/mol. The molecule has 0 aliphatic carbocycles. The van der Waals surface area contributed by atoms with Crippen LogP contribution in [0.4, 0.5) is 0 Å². The van der Waals surface area contributed by atoms with Crippen LogP contribution in [0.5, 0.6) is 0 Å². The number of halogens is 1. The molecule has 132 valence electrons. The highest BCUT2D eigenvalue weighted by atomic mass is 35.5. The maximum Gasteiger partial charge on any atom is 0.238 e. The molecule has 0 atom stereocenters. The Labute approximate surface area is 151 Å². The summed E-state index contributed by atoms with van der Waals surface area (Å²) in [4.78, 5) is 23.6. The van der Waals surface area contributed by atoms with Crippen LogP contribution in [0.3, 0.4) is 0 Å². The molecule has 0 aliphatic rings. The van der Waals surface area contributed by atoms with Gasteiger partial charge in [0.2, 0.25) is 11.7 Å². The Balaban J connectivity index is 2.15. The van der Waals surface area contributed by atoms with Gasteiger partial charge in [-0.25, -0.2) is 5.43 Å². The summed E-state index contributed by atoms with van der Waals surface area (Å²) in [6, 6.07) is 10.6. The highest BCUT2D eigenvalue weighted by molar-refractivity contribution is 6.34. The van der Waals surface area contributed by atoms with Crippen molar-refractivity contribution in [2.24, 2.45) is 10.3 Å². The summed E-state index contributed by atoms with van der Waals surface area (Å²) in [5.74, 6) is -0.420. The Bertz CT molecular complexity index is 800. The second-order valence-corrected chi connectivity index (χ2v) is 5.90. The molecule has 0 spiro atoms. The van der Waals surface area contributed by atoms with Gasteiger partial charge in [-0.1, -0.05) is 29.0 Å². The standard InChI is InChI=1S/C17H20ClN5O2/c1-12-8-9-16(17(25)14-6-4-5-7-15(14)18)23(12)22(3)11-10-19-21-20-13(2)24/h4-9H,10-11H2,1-3H3,(H,19,20,24). The molecule has 25 heavy (non-hydrogen) atoms. The number of aryl methyl sites for hydroxylation is 1. The summed E-state index contributed by atoms with van der Waals surface area (Å²) in [6.45, 7) is 4.16. The summed E-state index contributed by atoms with van der Waals surface area (Å²) >= 11 is 6.15. The molecule has 0 fully saturated rings. The molecule has 1 aromatic carbocycles. The summed E-state index contributed by atoms with van der Waals surface area (Å²) in [5.41, 5.74) is 4.14. The van der Waals surface area contributed by atoms with E-state index < -0.39 is 0 Å². The zero-order chi connectivity index (χ0) is 18.4. The molecule has 0 aliphatic heterocycles. The molecular weight excluding hydrogens is 342 g/mol. The average molecular weight is 362 g/mol. The van der Waals surface area contributed by atoms with E-state index in [9.17, 15) is 9.59 Å². The molecule has 1 amide bonds. The van der Waals surface area contributed by atoms with E-state index in [1.807, 2.05) is 29.7 Å². The predicted octanol–water partition coefficient (Wildman–Crippen LogP) is 2.75. The van der Waals surface area contributed by atoms with Crippen molar-refractivity contribution in [3.8, 4) is 0 Å². The Morgan fingerprint density at radius 1 is 1.24 bits per heavy atom. The van der Waals surface area contributed by atoms with Crippen LogP contribution in [0.2, 0.25) is 5.02 Å². The van der Waals surface area contributed by atoms with Crippen molar-refractivity contribution in [1.82, 2.24) is 10.1 Å². The normalized spacial score (nSPS) is 10.9. The fourth-order valence-electron chi connectivity index (χ4n) is 2.38. The fourth-order valence-corrected chi connectivity index (χ4v) is 2.61. The first-order valence-corrected chi connectivity index (χ1v) is 8.11. The van der Waals surface area contributed by atoms with Gasteiger partial charge in [-0.2, -0.15) is 5.11 Å². The van der Waals surface area contributed by atoms with E-state index in [1.54, 1.807) is 30.3 Å². The van der Waals surface area contributed by atoms with Gasteiger partial charge in [0.05, 0.1) is 18.1 Å². The summed E-state index contributed by atoms with van der Waals surface area (Å²) < 4.78 is 1.82. The number of rotatable bonds is 7. The lowest BCUT2D eigenvalue weighted by Crippen LogP contribution is -2.35. The molecule has 0 bridgehead atoms. The lowest BCUT2D eigenvalue weighted by Gasteiger charge is -2.24. The minimum atomic E-state index is -0.272. The molecule has 1 heterocycles. The summed E-state index contributed by atoms with van der Waals surface area (Å²) in [7, 11) is 1.85. The van der Waals surface area contributed by atoms with Gasteiger partial charge in [-0.3, -0.25) is 14.3 Å². The van der Waals surface area contributed by atoms with Gasteiger partial charge in [0, 0.05) is 25.2 Å². The van der Waals surface area contributed by atoms with Crippen LogP contribution in [0.15, 0.2) is 46.7 Å². The van der Waals surface area contributed by atoms with Crippen LogP contribution >= 0.6 is 11.6 Å². The number of ketones is 1. The smallest absolute Gasteiger partial charge is 0.238 e. The highest BCUT2D eigenvalue weighted by Gasteiger charge is 2.19. The summed E-state index contributed by atoms with van der Waals surface area (Å²) in [5, 5.41) is 9.73. The fraction of sp³-hybridized carbons (Fsp3) is 0.294. The minimum absolute atomic E-state index is 0.148. The second kappa shape index (κ2) is 8.43. The zero-order valence-electron chi connectivity index (χ0n) is 14.4. The van der Waals surface area contributed by atoms with E-state index in [0.717, 1.165) is 5.69 Å². The van der Waals surface area contributed by atoms with Gasteiger partial charge in [-0.05, 0) is 31.2 Å². The van der Waals surface area contributed by atoms with Crippen molar-refractivity contribution < 1.29 is 9.59 Å². The van der Waals surface area contributed by atoms with Crippen LogP contribution in [0, 0.1) is 6.92 Å². The number of nitrogens with zero attached hydrogens (tertiary/aromatic N) is 4. The molecule has 0 saturated carbocycles. The zero-order valence-corrected chi connectivity index (χ0v) is 15.1. The first kappa shape index (κ1) is 18.7. The third kappa shape index (κ3) is 4.67. The number of carbonyl (C=O) groups is 2. The van der Waals surface area contributed by atoms with Gasteiger partial charge >= 0.3 is 0 Å². The Morgan fingerprint density at radius 3 is 2.64 bits per heavy atom. The van der Waals surface area contributed by atoms with Crippen molar-refractivity contribution in [1.29, 1.82) is 0 Å². The lowest BCUT2D eigenvalue weighted by molar-refractivity contribution is -0.119. The minimum Gasteiger partial charge on any atom is -0.314 e. The van der Waals surface area contributed by atoms with Crippen molar-refractivity contribution in [2.45, 2.75) is 13.8 Å². The molecule has 2 rings (SSSR count). The molecule has 8 heteroatoms. The maximum atomic E-state index is 12.8. The van der Waals surface area contributed by atoms with Crippen LogP contribution in [0.25, 0.3) is 0 Å². The number of nitrogens with one attached hydrogen (secondary N) is 1. The third-order valence-electron chi connectivity index (χ3n) is 3.54. The van der Waals surface area contributed by atoms with Gasteiger partial charge in [0.25, 0.3) is 0 Å². The molecule has 0 unspecified atom stereocenters. The molecule has 2 aromatic rings. The Kier molecular flexibility index (Phi) is 6.30. The number of aromatic nitrogens is 1. The van der Waals surface area contributed by atoms with E-state index >= 15 is 0 Å². The van der Waals surface area contributed by atoms with Gasteiger partial charge in [0.1, 0.15) is 5.69 Å². The topological polar surface area (TPSA) is 79.1 Å². The summed E-state index contributed by atoms with van der Waals surface area (Å²) in [6.07, 6.45) is 0. The average Bonchev–Trinajstić information content (AvgIpc) is 2.95. The molecule has 7 nitrogen and oxygen atoms in total. The molecule has 0 saturated heterocycles. The van der Waals surface area contributed by atoms with Gasteiger partial charge in [0.15, 0.2) is 0 Å². The van der Waals surface area contributed by atoms with Crippen molar-refractivity contribution in [3.63, 3.8) is 0 Å². The SMILES string of the molecule is CC(=O)NN=NCCN(C)n1c(C)ccc1C(=O)c1ccccc1Cl. The van der Waals surface area contributed by atoms with E-state index in [1.165, 1.54) is 6.92 Å². The van der Waals surface area contributed by atoms with E-state index in [4.69, 9.17) is 11.6 Å². The third-order valence-corrected chi connectivity index (χ3v) is 3.87. The van der Waals surface area contributed by atoms with Crippen molar-refractivity contribution in [2.75, 3.05) is 25.1 Å². The quantitative estimate of drug-likeness (QED) is 0.468. The van der Waals surface area contributed by atoms with Crippen molar-refractivity contribution >= 4 is 23.3 Å². The molecule has 1 aromatic heterocycles. The Morgan fingerprint density at radius 2 is 1.96 bits per heavy atom. The van der Waals surface area contributed by atoms with E-state index in [-0.39, 0.29) is 11.7 Å². The second-order valence-electron chi connectivity index (χ2n) is 5.50. The molecule has 0 radical (unpaired) electrons. The maximum absolute atomic E-state index is 12.8. The van der Waals surface area contributed by atoms with Crippen LogP contribution < -0.4 is 10.4 Å². The first-order valence-electron chi connectivity index (χ1n) is 7.74. The number of likely N-dealkylation sites (N-methyl/N-ethyl adjacent to an activating group) is 1. The molecular formula is C17H20ClN5O2. The molecule has 1 N–H and O–H groups in total. The largest absolute Gasteiger partial charge is 0.314 e. The Hall–Kier alpha value is -2.67. The first-order chi connectivity index (χ1) is 11.9. The van der Waals surface area contributed by atoms with E-state index in [0.29, 0.717) is 29.4 Å². The van der Waals surface area contributed by atoms with E-state index in [2.05, 4.69) is 15.8 Å². The number of benzene rings is 1. The van der Waals surface area contributed by atoms with Crippen molar-refractivity contribution in [3.05, 3.63) is 58.4 Å². The van der Waals surface area contributed by atoms with Gasteiger partial charge < -0.3 is 5.01 Å². The lowest BCUT2D eigenvalue weighted by atomic mass is 10.1. The van der Waals surface area contributed by atoms with Crippen LogP contribution in [-0.4, -0.2) is 36.5 Å². The number of carbonyl (C=O) groups excluding carboxylic acids is 2.